The number of ether oxygens (including phenoxy) is 1. The molecule has 0 aliphatic rings. The number of hydrogen-bond acceptors (Lipinski definition) is 4. The minimum absolute atomic E-state index is 0.263. The van der Waals surface area contributed by atoms with Crippen LogP contribution in [0, 0.1) is 39.0 Å². The zero-order valence-electron chi connectivity index (χ0n) is 11.5. The number of aromatic nitrogens is 2. The Labute approximate surface area is 112 Å². The highest BCUT2D eigenvalue weighted by molar-refractivity contribution is 5.48. The summed E-state index contributed by atoms with van der Waals surface area (Å²) in [6, 6.07) is 7.92. The smallest absolute Gasteiger partial charge is 0.257 e. The van der Waals surface area contributed by atoms with Gasteiger partial charge in [0.15, 0.2) is 0 Å². The van der Waals surface area contributed by atoms with Crippen molar-refractivity contribution in [2.45, 2.75) is 27.7 Å². The molecule has 0 N–H and O–H groups in total. The Morgan fingerprint density at radius 1 is 1.05 bits per heavy atom. The number of nitrogens with zero attached hydrogens (tertiary/aromatic N) is 3. The monoisotopic (exact) mass is 253 g/mol. The van der Waals surface area contributed by atoms with Crippen LogP contribution in [0.15, 0.2) is 18.2 Å². The topological polar surface area (TPSA) is 58.8 Å². The molecule has 0 aliphatic carbocycles. The Hall–Kier alpha value is -2.41. The Morgan fingerprint density at radius 2 is 1.79 bits per heavy atom. The van der Waals surface area contributed by atoms with E-state index in [2.05, 4.69) is 16.3 Å². The maximum atomic E-state index is 9.23. The molecule has 0 amide bonds. The zero-order valence-corrected chi connectivity index (χ0v) is 11.5. The first kappa shape index (κ1) is 13.0. The van der Waals surface area contributed by atoms with Crippen LogP contribution >= 0.6 is 0 Å². The predicted molar refractivity (Wildman–Crippen MR) is 72.2 cm³/mol. The van der Waals surface area contributed by atoms with Gasteiger partial charge < -0.3 is 4.74 Å². The van der Waals surface area contributed by atoms with Gasteiger partial charge in [-0.2, -0.15) is 10.4 Å². The lowest BCUT2D eigenvalue weighted by atomic mass is 10.1. The van der Waals surface area contributed by atoms with Gasteiger partial charge in [-0.25, -0.2) is 0 Å². The summed E-state index contributed by atoms with van der Waals surface area (Å²) in [6.07, 6.45) is 0. The van der Waals surface area contributed by atoms with Gasteiger partial charge in [-0.3, -0.25) is 0 Å². The molecule has 2 rings (SSSR count). The molecule has 19 heavy (non-hydrogen) atoms. The summed E-state index contributed by atoms with van der Waals surface area (Å²) in [6.45, 7) is 7.66. The summed E-state index contributed by atoms with van der Waals surface area (Å²) in [5.74, 6) is 0.966. The van der Waals surface area contributed by atoms with E-state index in [9.17, 15) is 5.26 Å². The molecule has 0 unspecified atom stereocenters. The van der Waals surface area contributed by atoms with E-state index < -0.39 is 0 Å². The maximum Gasteiger partial charge on any atom is 0.257 e. The van der Waals surface area contributed by atoms with Crippen molar-refractivity contribution >= 4 is 0 Å². The summed E-state index contributed by atoms with van der Waals surface area (Å²) < 4.78 is 5.75. The van der Waals surface area contributed by atoms with E-state index in [0.29, 0.717) is 11.3 Å². The van der Waals surface area contributed by atoms with Crippen LogP contribution in [0.25, 0.3) is 0 Å². The van der Waals surface area contributed by atoms with Gasteiger partial charge in [0, 0.05) is 0 Å². The van der Waals surface area contributed by atoms with Crippen LogP contribution in [0.2, 0.25) is 0 Å². The quantitative estimate of drug-likeness (QED) is 0.823. The number of nitriles is 1. The highest BCUT2D eigenvalue weighted by Crippen LogP contribution is 2.28. The van der Waals surface area contributed by atoms with Crippen LogP contribution in [-0.4, -0.2) is 10.2 Å². The highest BCUT2D eigenvalue weighted by Gasteiger charge is 2.14. The molecule has 96 valence electrons. The van der Waals surface area contributed by atoms with Crippen molar-refractivity contribution in [3.63, 3.8) is 0 Å². The van der Waals surface area contributed by atoms with Gasteiger partial charge in [0.05, 0.1) is 5.69 Å². The van der Waals surface area contributed by atoms with Gasteiger partial charge in [-0.05, 0) is 50.5 Å². The van der Waals surface area contributed by atoms with Gasteiger partial charge in [0.1, 0.15) is 17.4 Å². The van der Waals surface area contributed by atoms with E-state index in [0.717, 1.165) is 22.4 Å². The first-order valence-corrected chi connectivity index (χ1v) is 6.02. The second kappa shape index (κ2) is 5.07. The third kappa shape index (κ3) is 2.41. The highest BCUT2D eigenvalue weighted by atomic mass is 16.5. The summed E-state index contributed by atoms with van der Waals surface area (Å²) in [4.78, 5) is 0. The molecule has 1 heterocycles. The first-order valence-electron chi connectivity index (χ1n) is 6.02. The van der Waals surface area contributed by atoms with Crippen molar-refractivity contribution in [2.75, 3.05) is 0 Å². The average molecular weight is 253 g/mol. The van der Waals surface area contributed by atoms with Crippen LogP contribution in [-0.2, 0) is 0 Å². The van der Waals surface area contributed by atoms with Crippen molar-refractivity contribution in [3.8, 4) is 17.7 Å². The SMILES string of the molecule is Cc1cccc(Oc2nnc(C)c(C)c2C#N)c1C. The van der Waals surface area contributed by atoms with Crippen molar-refractivity contribution < 1.29 is 4.74 Å². The van der Waals surface area contributed by atoms with Gasteiger partial charge in [-0.1, -0.05) is 12.1 Å². The third-order valence-electron chi connectivity index (χ3n) is 3.30. The lowest BCUT2D eigenvalue weighted by molar-refractivity contribution is 0.448. The fourth-order valence-electron chi connectivity index (χ4n) is 1.73. The Kier molecular flexibility index (Phi) is 3.48. The molecule has 0 bridgehead atoms. The van der Waals surface area contributed by atoms with Crippen molar-refractivity contribution in [2.24, 2.45) is 0 Å². The third-order valence-corrected chi connectivity index (χ3v) is 3.30. The zero-order chi connectivity index (χ0) is 14.0. The molecule has 0 spiro atoms. The number of aryl methyl sites for hydroxylation is 2. The molecule has 4 nitrogen and oxygen atoms in total. The minimum Gasteiger partial charge on any atom is -0.436 e. The molecular weight excluding hydrogens is 238 g/mol. The average Bonchev–Trinajstić information content (AvgIpc) is 2.39. The summed E-state index contributed by atoms with van der Waals surface area (Å²) >= 11 is 0. The van der Waals surface area contributed by atoms with Crippen LogP contribution < -0.4 is 4.74 Å². The van der Waals surface area contributed by atoms with E-state index >= 15 is 0 Å². The summed E-state index contributed by atoms with van der Waals surface area (Å²) in [5, 5.41) is 17.2. The molecule has 0 saturated carbocycles. The second-order valence-electron chi connectivity index (χ2n) is 4.50. The Bertz CT molecular complexity index is 672. The van der Waals surface area contributed by atoms with E-state index in [1.807, 2.05) is 45.9 Å². The Morgan fingerprint density at radius 3 is 2.47 bits per heavy atom. The minimum atomic E-state index is 0.263. The van der Waals surface area contributed by atoms with Crippen molar-refractivity contribution in [1.82, 2.24) is 10.2 Å². The fourth-order valence-corrected chi connectivity index (χ4v) is 1.73. The fraction of sp³-hybridized carbons (Fsp3) is 0.267. The number of hydrogen-bond donors (Lipinski definition) is 0. The van der Waals surface area contributed by atoms with E-state index in [1.165, 1.54) is 0 Å². The molecule has 0 fully saturated rings. The molecule has 1 aromatic heterocycles. The molecule has 0 aliphatic heterocycles. The molecule has 2 aromatic rings. The van der Waals surface area contributed by atoms with Gasteiger partial charge in [0.25, 0.3) is 5.88 Å². The maximum absolute atomic E-state index is 9.23. The molecule has 0 saturated heterocycles. The van der Waals surface area contributed by atoms with Crippen LogP contribution in [0.3, 0.4) is 0 Å². The number of rotatable bonds is 2. The Balaban J connectivity index is 2.48. The summed E-state index contributed by atoms with van der Waals surface area (Å²) in [7, 11) is 0. The van der Waals surface area contributed by atoms with E-state index in [4.69, 9.17) is 4.74 Å². The second-order valence-corrected chi connectivity index (χ2v) is 4.50. The van der Waals surface area contributed by atoms with Crippen LogP contribution in [0.4, 0.5) is 0 Å². The molecule has 0 radical (unpaired) electrons. The van der Waals surface area contributed by atoms with Crippen molar-refractivity contribution in [1.29, 1.82) is 5.26 Å². The predicted octanol–water partition coefficient (Wildman–Crippen LogP) is 3.37. The lowest BCUT2D eigenvalue weighted by Gasteiger charge is -2.11. The molecule has 1 aromatic carbocycles. The molecular formula is C15H15N3O. The van der Waals surface area contributed by atoms with Gasteiger partial charge in [-0.15, -0.1) is 5.10 Å². The van der Waals surface area contributed by atoms with Gasteiger partial charge in [0.2, 0.25) is 0 Å². The van der Waals surface area contributed by atoms with Gasteiger partial charge >= 0.3 is 0 Å². The van der Waals surface area contributed by atoms with Crippen LogP contribution in [0.1, 0.15) is 27.9 Å². The summed E-state index contributed by atoms with van der Waals surface area (Å²) in [5.41, 5.74) is 4.15. The van der Waals surface area contributed by atoms with Crippen LogP contribution in [0.5, 0.6) is 11.6 Å². The van der Waals surface area contributed by atoms with Crippen molar-refractivity contribution in [3.05, 3.63) is 46.1 Å². The largest absolute Gasteiger partial charge is 0.436 e. The number of benzene rings is 1. The standard InChI is InChI=1S/C15H15N3O/c1-9-6-5-7-14(10(9)2)19-15-13(8-16)11(3)12(4)17-18-15/h5-7H,1-4H3. The molecule has 4 heteroatoms. The lowest BCUT2D eigenvalue weighted by Crippen LogP contribution is -2.01. The van der Waals surface area contributed by atoms with E-state index in [-0.39, 0.29) is 5.88 Å². The first-order chi connectivity index (χ1) is 9.04. The van der Waals surface area contributed by atoms with E-state index in [1.54, 1.807) is 0 Å². The normalized spacial score (nSPS) is 10.1. The molecule has 0 atom stereocenters.